The molecule has 4 aromatic carbocycles. The Balaban J connectivity index is 0.000000612. The van der Waals surface area contributed by atoms with Gasteiger partial charge in [0, 0.05) is 24.6 Å². The zero-order valence-corrected chi connectivity index (χ0v) is 25.4. The van der Waals surface area contributed by atoms with Crippen LogP contribution in [0.4, 0.5) is 32.8 Å². The molecule has 1 aliphatic rings. The fourth-order valence-corrected chi connectivity index (χ4v) is 3.36. The van der Waals surface area contributed by atoms with Gasteiger partial charge in [0.25, 0.3) is 0 Å². The number of anilines is 3. The Labute approximate surface area is 271 Å². The fourth-order valence-electron chi connectivity index (χ4n) is 3.36. The van der Waals surface area contributed by atoms with Gasteiger partial charge in [-0.25, -0.2) is 0 Å². The van der Waals surface area contributed by atoms with Crippen LogP contribution >= 0.6 is 0 Å². The molecule has 11 nitrogen and oxygen atoms in total. The van der Waals surface area contributed by atoms with E-state index in [1.165, 1.54) is 37.1 Å². The maximum Gasteiger partial charge on any atom is 1.00 e. The SMILES string of the molecule is C1CCOC1.N#Cc1cccc(F)c1[N+](=O)[O-].N#Cc1cccc(Nc2ccccc2)c1[N+](=O)[O-].Nc1ccccc1.[H-].[Na+]. The zero-order valence-electron chi connectivity index (χ0n) is 24.4. The van der Waals surface area contributed by atoms with Gasteiger partial charge in [0.15, 0.2) is 0 Å². The Morgan fingerprint density at radius 2 is 1.26 bits per heavy atom. The summed E-state index contributed by atoms with van der Waals surface area (Å²) in [4.78, 5) is 19.8. The van der Waals surface area contributed by atoms with E-state index in [2.05, 4.69) is 5.32 Å². The summed E-state index contributed by atoms with van der Waals surface area (Å²) in [5, 5.41) is 41.4. The number of rotatable bonds is 4. The summed E-state index contributed by atoms with van der Waals surface area (Å²) in [6.07, 6.45) is 2.56. The molecule has 5 rings (SSSR count). The van der Waals surface area contributed by atoms with Crippen LogP contribution in [0, 0.1) is 48.7 Å². The molecule has 3 N–H and O–H groups in total. The molecule has 0 aliphatic carbocycles. The number of nitriles is 2. The molecule has 1 aliphatic heterocycles. The van der Waals surface area contributed by atoms with Gasteiger partial charge in [-0.3, -0.25) is 20.2 Å². The number of nitrogen functional groups attached to an aromatic ring is 1. The van der Waals surface area contributed by atoms with E-state index in [4.69, 9.17) is 21.0 Å². The number of para-hydroxylation sites is 4. The molecule has 43 heavy (non-hydrogen) atoms. The predicted molar refractivity (Wildman–Crippen MR) is 157 cm³/mol. The van der Waals surface area contributed by atoms with Crippen LogP contribution in [-0.4, -0.2) is 23.1 Å². The number of halogens is 1. The van der Waals surface area contributed by atoms with Crippen LogP contribution in [0.2, 0.25) is 0 Å². The molecule has 1 saturated heterocycles. The van der Waals surface area contributed by atoms with Gasteiger partial charge in [-0.15, -0.1) is 0 Å². The summed E-state index contributed by atoms with van der Waals surface area (Å²) in [7, 11) is 0. The minimum Gasteiger partial charge on any atom is -1.00 e. The third-order valence-corrected chi connectivity index (χ3v) is 5.31. The molecule has 1 heterocycles. The van der Waals surface area contributed by atoms with Gasteiger partial charge in [0.05, 0.1) is 9.85 Å². The van der Waals surface area contributed by atoms with E-state index < -0.39 is 21.4 Å². The summed E-state index contributed by atoms with van der Waals surface area (Å²) in [6, 6.07) is 29.9. The first-order valence-corrected chi connectivity index (χ1v) is 12.5. The van der Waals surface area contributed by atoms with Crippen molar-refractivity contribution >= 4 is 28.4 Å². The maximum atomic E-state index is 12.7. The number of nitrogens with one attached hydrogen (secondary N) is 1. The van der Waals surface area contributed by atoms with Crippen molar-refractivity contribution in [3.8, 4) is 12.1 Å². The zero-order chi connectivity index (χ0) is 30.7. The second-order valence-electron chi connectivity index (χ2n) is 8.30. The number of nitrogens with two attached hydrogens (primary N) is 1. The number of nitrogens with zero attached hydrogens (tertiary/aromatic N) is 4. The second-order valence-corrected chi connectivity index (χ2v) is 8.30. The van der Waals surface area contributed by atoms with Gasteiger partial charge in [-0.05, 0) is 61.4 Å². The molecule has 0 bridgehead atoms. The average Bonchev–Trinajstić information content (AvgIpc) is 3.59. The van der Waals surface area contributed by atoms with E-state index in [9.17, 15) is 24.6 Å². The van der Waals surface area contributed by atoms with Gasteiger partial charge in [-0.1, -0.05) is 48.5 Å². The van der Waals surface area contributed by atoms with Crippen LogP contribution in [0.25, 0.3) is 0 Å². The maximum absolute atomic E-state index is 12.7. The first-order chi connectivity index (χ1) is 20.3. The van der Waals surface area contributed by atoms with Crippen LogP contribution in [0.1, 0.15) is 25.4 Å². The Kier molecular flexibility index (Phi) is 16.9. The minimum atomic E-state index is -0.987. The Hall–Kier alpha value is -4.85. The van der Waals surface area contributed by atoms with Crippen LogP contribution in [0.5, 0.6) is 0 Å². The number of hydrogen-bond donors (Lipinski definition) is 2. The number of nitro groups is 2. The van der Waals surface area contributed by atoms with Gasteiger partial charge in [0.2, 0.25) is 5.82 Å². The van der Waals surface area contributed by atoms with Crippen LogP contribution in [0.3, 0.4) is 0 Å². The number of ether oxygens (including phenoxy) is 1. The molecule has 216 valence electrons. The van der Waals surface area contributed by atoms with E-state index in [0.717, 1.165) is 30.7 Å². The van der Waals surface area contributed by atoms with Crippen LogP contribution < -0.4 is 40.6 Å². The molecule has 0 saturated carbocycles. The van der Waals surface area contributed by atoms with Gasteiger partial charge >= 0.3 is 40.9 Å². The smallest absolute Gasteiger partial charge is 1.00 e. The molecule has 0 atom stereocenters. The normalized spacial score (nSPS) is 10.7. The Bertz CT molecular complexity index is 1540. The molecule has 0 spiro atoms. The summed E-state index contributed by atoms with van der Waals surface area (Å²) in [6.45, 7) is 2.00. The third-order valence-electron chi connectivity index (χ3n) is 5.31. The van der Waals surface area contributed by atoms with E-state index in [1.54, 1.807) is 24.3 Å². The van der Waals surface area contributed by atoms with E-state index in [1.807, 2.05) is 54.6 Å². The van der Waals surface area contributed by atoms with Crippen molar-refractivity contribution in [2.45, 2.75) is 12.8 Å². The standard InChI is InChI=1S/C13H9N3O2.C7H3FN2O2.C6H7N.C4H8O.Na.H/c14-9-10-5-4-8-12(13(10)16(17)18)15-11-6-2-1-3-7-11;8-6-3-1-2-5(4-9)7(6)10(11)12;7-6-4-2-1-3-5-6;1-2-4-5-3-1;;/h1-8,15H;1-3H;1-5H,7H2;1-4H2;;/q;;;;+1;-1. The average molecular weight is 595 g/mol. The van der Waals surface area contributed by atoms with Crippen molar-refractivity contribution in [3.05, 3.63) is 134 Å². The minimum absolute atomic E-state index is 0. The summed E-state index contributed by atoms with van der Waals surface area (Å²) in [5.41, 5.74) is 6.03. The third kappa shape index (κ3) is 12.7. The molecular formula is C30H28FN6NaO5. The van der Waals surface area contributed by atoms with Crippen molar-refractivity contribution in [1.29, 1.82) is 10.5 Å². The van der Waals surface area contributed by atoms with Crippen LogP contribution in [0.15, 0.2) is 97.1 Å². The largest absolute Gasteiger partial charge is 1.00 e. The molecule has 13 heteroatoms. The van der Waals surface area contributed by atoms with Crippen LogP contribution in [-0.2, 0) is 4.74 Å². The van der Waals surface area contributed by atoms with Gasteiger partial charge in [-0.2, -0.15) is 14.9 Å². The molecule has 0 unspecified atom stereocenters. The van der Waals surface area contributed by atoms with Crippen molar-refractivity contribution in [2.75, 3.05) is 24.3 Å². The molecule has 0 amide bonds. The monoisotopic (exact) mass is 594 g/mol. The Morgan fingerprint density at radius 1 is 0.767 bits per heavy atom. The topological polar surface area (TPSA) is 181 Å². The van der Waals surface area contributed by atoms with E-state index >= 15 is 0 Å². The van der Waals surface area contributed by atoms with Gasteiger partial charge in [0.1, 0.15) is 29.0 Å². The first kappa shape index (κ1) is 36.2. The van der Waals surface area contributed by atoms with E-state index in [-0.39, 0.29) is 47.8 Å². The van der Waals surface area contributed by atoms with Crippen molar-refractivity contribution in [2.24, 2.45) is 0 Å². The van der Waals surface area contributed by atoms with Gasteiger partial charge < -0.3 is 17.2 Å². The Morgan fingerprint density at radius 3 is 1.65 bits per heavy atom. The summed E-state index contributed by atoms with van der Waals surface area (Å²) < 4.78 is 17.6. The molecule has 0 aromatic heterocycles. The molecular weight excluding hydrogens is 566 g/mol. The fraction of sp³-hybridized carbons (Fsp3) is 0.133. The van der Waals surface area contributed by atoms with Crippen molar-refractivity contribution in [1.82, 2.24) is 0 Å². The summed E-state index contributed by atoms with van der Waals surface area (Å²) >= 11 is 0. The second kappa shape index (κ2) is 20.1. The molecule has 0 radical (unpaired) electrons. The van der Waals surface area contributed by atoms with E-state index in [0.29, 0.717) is 5.69 Å². The molecule has 1 fully saturated rings. The summed E-state index contributed by atoms with van der Waals surface area (Å²) in [5.74, 6) is -0.987. The first-order valence-electron chi connectivity index (χ1n) is 12.5. The number of nitro benzene ring substituents is 2. The number of hydrogen-bond acceptors (Lipinski definition) is 9. The molecule has 4 aromatic rings. The van der Waals surface area contributed by atoms with Crippen molar-refractivity contribution < 1.29 is 50.0 Å². The number of benzene rings is 4. The quantitative estimate of drug-likeness (QED) is 0.153. The van der Waals surface area contributed by atoms with Crippen molar-refractivity contribution in [3.63, 3.8) is 0 Å². The predicted octanol–water partition coefficient (Wildman–Crippen LogP) is 4.00.